The van der Waals surface area contributed by atoms with Crippen LogP contribution in [0.15, 0.2) is 134 Å². The Bertz CT molecular complexity index is 1680. The van der Waals surface area contributed by atoms with Gasteiger partial charge in [0.1, 0.15) is 12.6 Å². The minimum absolute atomic E-state index is 0.602. The number of benzene rings is 3. The Morgan fingerprint density at radius 1 is 0.463 bits per heavy atom. The van der Waals surface area contributed by atoms with Crippen LogP contribution < -0.4 is 4.90 Å². The highest BCUT2D eigenvalue weighted by Crippen LogP contribution is 2.36. The van der Waals surface area contributed by atoms with E-state index in [9.17, 15) is 9.59 Å². The molecule has 3 aromatic carbocycles. The quantitative estimate of drug-likeness (QED) is 0.185. The van der Waals surface area contributed by atoms with Crippen LogP contribution in [-0.2, 0) is 0 Å². The molecule has 0 aliphatic carbocycles. The van der Waals surface area contributed by atoms with Gasteiger partial charge in [-0.1, -0.05) is 24.3 Å². The fourth-order valence-electron chi connectivity index (χ4n) is 4.64. The molecule has 0 saturated carbocycles. The molecule has 0 spiro atoms. The van der Waals surface area contributed by atoms with Crippen LogP contribution in [-0.4, -0.2) is 27.5 Å². The molecular formula is C35H24N4O2. The highest BCUT2D eigenvalue weighted by Gasteiger charge is 2.14. The fourth-order valence-corrected chi connectivity index (χ4v) is 4.64. The molecule has 0 aliphatic rings. The van der Waals surface area contributed by atoms with E-state index >= 15 is 0 Å². The number of aromatic nitrogens is 3. The van der Waals surface area contributed by atoms with Gasteiger partial charge in [-0.2, -0.15) is 0 Å². The molecule has 3 heterocycles. The molecule has 6 nitrogen and oxygen atoms in total. The third-order valence-electron chi connectivity index (χ3n) is 6.71. The topological polar surface area (TPSA) is 76.1 Å². The van der Waals surface area contributed by atoms with Crippen molar-refractivity contribution in [2.45, 2.75) is 0 Å². The SMILES string of the molecule is O=Cc1ccc(N(c2ccc(C=O)cc2)c2ccc(-c3cc(-c4ccccn4)nc(-c4ccccn4)c3)cc2)cc1. The van der Waals surface area contributed by atoms with Crippen molar-refractivity contribution in [1.29, 1.82) is 0 Å². The zero-order valence-electron chi connectivity index (χ0n) is 22.0. The molecule has 0 amide bonds. The van der Waals surface area contributed by atoms with E-state index in [1.54, 1.807) is 36.7 Å². The summed E-state index contributed by atoms with van der Waals surface area (Å²) in [5.41, 5.74) is 9.01. The molecule has 0 atom stereocenters. The van der Waals surface area contributed by atoms with Crippen LogP contribution in [0, 0.1) is 0 Å². The maximum Gasteiger partial charge on any atom is 0.150 e. The number of rotatable bonds is 8. The third kappa shape index (κ3) is 5.53. The maximum absolute atomic E-state index is 11.2. The second-order valence-electron chi connectivity index (χ2n) is 9.36. The molecule has 6 rings (SSSR count). The van der Waals surface area contributed by atoms with Gasteiger partial charge >= 0.3 is 0 Å². The van der Waals surface area contributed by atoms with Crippen molar-refractivity contribution in [2.24, 2.45) is 0 Å². The number of pyridine rings is 3. The zero-order chi connectivity index (χ0) is 28.0. The van der Waals surface area contributed by atoms with Gasteiger partial charge in [-0.05, 0) is 108 Å². The smallest absolute Gasteiger partial charge is 0.150 e. The van der Waals surface area contributed by atoms with Crippen molar-refractivity contribution in [2.75, 3.05) is 4.90 Å². The molecule has 0 fully saturated rings. The van der Waals surface area contributed by atoms with Gasteiger partial charge in [-0.15, -0.1) is 0 Å². The van der Waals surface area contributed by atoms with E-state index in [4.69, 9.17) is 4.98 Å². The monoisotopic (exact) mass is 532 g/mol. The van der Waals surface area contributed by atoms with Crippen molar-refractivity contribution in [3.8, 4) is 33.9 Å². The number of hydrogen-bond donors (Lipinski definition) is 0. The molecule has 196 valence electrons. The van der Waals surface area contributed by atoms with Gasteiger partial charge in [0.05, 0.1) is 22.8 Å². The summed E-state index contributed by atoms with van der Waals surface area (Å²) in [4.78, 5) is 38.5. The van der Waals surface area contributed by atoms with Gasteiger partial charge in [0.25, 0.3) is 0 Å². The van der Waals surface area contributed by atoms with Crippen molar-refractivity contribution in [3.05, 3.63) is 145 Å². The van der Waals surface area contributed by atoms with E-state index in [-0.39, 0.29) is 0 Å². The summed E-state index contributed by atoms with van der Waals surface area (Å²) >= 11 is 0. The first-order valence-electron chi connectivity index (χ1n) is 13.1. The Labute approximate surface area is 237 Å². The van der Waals surface area contributed by atoms with Crippen LogP contribution in [0.4, 0.5) is 17.1 Å². The molecule has 41 heavy (non-hydrogen) atoms. The second-order valence-corrected chi connectivity index (χ2v) is 9.36. The molecule has 6 aromatic rings. The normalized spacial score (nSPS) is 10.6. The minimum Gasteiger partial charge on any atom is -0.311 e. The van der Waals surface area contributed by atoms with Crippen LogP contribution in [0.2, 0.25) is 0 Å². The Hall–Kier alpha value is -5.75. The molecule has 6 heteroatoms. The van der Waals surface area contributed by atoms with Gasteiger partial charge in [0, 0.05) is 40.6 Å². The lowest BCUT2D eigenvalue weighted by Gasteiger charge is -2.26. The summed E-state index contributed by atoms with van der Waals surface area (Å²) in [5, 5.41) is 0. The van der Waals surface area contributed by atoms with Crippen LogP contribution >= 0.6 is 0 Å². The van der Waals surface area contributed by atoms with Crippen molar-refractivity contribution in [3.63, 3.8) is 0 Å². The summed E-state index contributed by atoms with van der Waals surface area (Å²) in [6.45, 7) is 0. The van der Waals surface area contributed by atoms with Crippen LogP contribution in [0.5, 0.6) is 0 Å². The summed E-state index contributed by atoms with van der Waals surface area (Å²) in [6, 6.07) is 38.7. The lowest BCUT2D eigenvalue weighted by Crippen LogP contribution is -2.10. The van der Waals surface area contributed by atoms with Crippen molar-refractivity contribution in [1.82, 2.24) is 15.0 Å². The highest BCUT2D eigenvalue weighted by atomic mass is 16.1. The average molecular weight is 533 g/mol. The van der Waals surface area contributed by atoms with Gasteiger partial charge in [-0.3, -0.25) is 19.6 Å². The van der Waals surface area contributed by atoms with Crippen LogP contribution in [0.25, 0.3) is 33.9 Å². The first kappa shape index (κ1) is 25.5. The molecule has 0 saturated heterocycles. The largest absolute Gasteiger partial charge is 0.311 e. The molecule has 0 radical (unpaired) electrons. The number of anilines is 3. The van der Waals surface area contributed by atoms with Gasteiger partial charge < -0.3 is 4.90 Å². The third-order valence-corrected chi connectivity index (χ3v) is 6.71. The zero-order valence-corrected chi connectivity index (χ0v) is 22.0. The molecule has 0 aliphatic heterocycles. The predicted molar refractivity (Wildman–Crippen MR) is 162 cm³/mol. The number of carbonyl (C=O) groups is 2. The molecule has 3 aromatic heterocycles. The van der Waals surface area contributed by atoms with Crippen LogP contribution in [0.3, 0.4) is 0 Å². The van der Waals surface area contributed by atoms with Gasteiger partial charge in [0.15, 0.2) is 0 Å². The summed E-state index contributed by atoms with van der Waals surface area (Å²) in [5.74, 6) is 0. The number of nitrogens with zero attached hydrogens (tertiary/aromatic N) is 4. The Balaban J connectivity index is 1.42. The van der Waals surface area contributed by atoms with E-state index in [2.05, 4.69) is 39.1 Å². The van der Waals surface area contributed by atoms with Crippen molar-refractivity contribution >= 4 is 29.6 Å². The first-order valence-corrected chi connectivity index (χ1v) is 13.1. The minimum atomic E-state index is 0.602. The molecule has 0 bridgehead atoms. The number of hydrogen-bond acceptors (Lipinski definition) is 6. The van der Waals surface area contributed by atoms with Crippen molar-refractivity contribution < 1.29 is 9.59 Å². The average Bonchev–Trinajstić information content (AvgIpc) is 3.06. The lowest BCUT2D eigenvalue weighted by molar-refractivity contribution is 0.111. The Kier molecular flexibility index (Phi) is 7.19. The van der Waals surface area contributed by atoms with Gasteiger partial charge in [0.2, 0.25) is 0 Å². The maximum atomic E-state index is 11.2. The second kappa shape index (κ2) is 11.6. The first-order chi connectivity index (χ1) is 20.2. The van der Waals surface area contributed by atoms with Crippen LogP contribution in [0.1, 0.15) is 20.7 Å². The number of carbonyl (C=O) groups excluding carboxylic acids is 2. The van der Waals surface area contributed by atoms with E-state index in [1.807, 2.05) is 72.8 Å². The Morgan fingerprint density at radius 2 is 0.902 bits per heavy atom. The number of aldehydes is 2. The fraction of sp³-hybridized carbons (Fsp3) is 0. The highest BCUT2D eigenvalue weighted by molar-refractivity contribution is 5.83. The van der Waals surface area contributed by atoms with E-state index in [0.29, 0.717) is 11.1 Å². The van der Waals surface area contributed by atoms with Gasteiger partial charge in [-0.25, -0.2) is 4.98 Å². The summed E-state index contributed by atoms with van der Waals surface area (Å²) in [7, 11) is 0. The Morgan fingerprint density at radius 3 is 1.29 bits per heavy atom. The summed E-state index contributed by atoms with van der Waals surface area (Å²) < 4.78 is 0. The molecule has 0 N–H and O–H groups in total. The molecule has 0 unspecified atom stereocenters. The lowest BCUT2D eigenvalue weighted by atomic mass is 10.0. The molecular weight excluding hydrogens is 508 g/mol. The van der Waals surface area contributed by atoms with E-state index in [1.165, 1.54) is 0 Å². The van der Waals surface area contributed by atoms with E-state index in [0.717, 1.165) is 63.5 Å². The predicted octanol–water partition coefficient (Wildman–Crippen LogP) is 7.97. The standard InChI is InChI=1S/C35H24N4O2/c40-23-25-7-13-29(14-8-25)39(30-15-9-26(24-41)10-16-30)31-17-11-27(12-18-31)28-21-34(32-5-1-3-19-36-32)38-35(22-28)33-6-2-4-20-37-33/h1-24H. The summed E-state index contributed by atoms with van der Waals surface area (Å²) in [6.07, 6.45) is 5.18. The van der Waals surface area contributed by atoms with E-state index < -0.39 is 0 Å².